The number of para-hydroxylation sites is 1. The fourth-order valence-corrected chi connectivity index (χ4v) is 2.47. The van der Waals surface area contributed by atoms with E-state index >= 15 is 0 Å². The molecule has 1 amide bonds. The lowest BCUT2D eigenvalue weighted by Crippen LogP contribution is -2.13. The smallest absolute Gasteiger partial charge is 0.277 e. The van der Waals surface area contributed by atoms with Crippen LogP contribution in [0, 0.1) is 6.92 Å². The van der Waals surface area contributed by atoms with Gasteiger partial charge < -0.3 is 18.8 Å². The fourth-order valence-electron chi connectivity index (χ4n) is 2.47. The van der Waals surface area contributed by atoms with Crippen molar-refractivity contribution >= 4 is 11.6 Å². The number of furan rings is 1. The summed E-state index contributed by atoms with van der Waals surface area (Å²) in [5.74, 6) is 1.54. The van der Waals surface area contributed by atoms with Crippen LogP contribution in [0.25, 0.3) is 11.5 Å². The Bertz CT molecular complexity index is 1030. The molecule has 0 saturated heterocycles. The Hall–Kier alpha value is -3.68. The van der Waals surface area contributed by atoms with Crippen molar-refractivity contribution in [2.45, 2.75) is 13.3 Å². The van der Waals surface area contributed by atoms with E-state index in [0.717, 1.165) is 5.56 Å². The van der Waals surface area contributed by atoms with Gasteiger partial charge in [0.2, 0.25) is 11.7 Å². The monoisotopic (exact) mass is 350 g/mol. The normalized spacial score (nSPS) is 10.8. The average Bonchev–Trinajstić information content (AvgIpc) is 3.37. The molecule has 8 heteroatoms. The quantitative estimate of drug-likeness (QED) is 0.587. The number of carbonyl (C=O) groups is 1. The summed E-state index contributed by atoms with van der Waals surface area (Å²) in [7, 11) is 0. The fraction of sp³-hybridized carbons (Fsp3) is 0.111. The van der Waals surface area contributed by atoms with Gasteiger partial charge in [0.05, 0.1) is 12.7 Å². The Labute approximate surface area is 147 Å². The van der Waals surface area contributed by atoms with Gasteiger partial charge in [-0.1, -0.05) is 28.5 Å². The van der Waals surface area contributed by atoms with Crippen molar-refractivity contribution in [3.8, 4) is 11.5 Å². The molecule has 3 aromatic heterocycles. The number of hydrogen-bond donors (Lipinski definition) is 1. The van der Waals surface area contributed by atoms with E-state index < -0.39 is 0 Å². The van der Waals surface area contributed by atoms with Crippen LogP contribution in [0.5, 0.6) is 0 Å². The Kier molecular flexibility index (Phi) is 4.06. The van der Waals surface area contributed by atoms with Crippen LogP contribution >= 0.6 is 0 Å². The third kappa shape index (κ3) is 3.25. The Morgan fingerprint density at radius 1 is 1.08 bits per heavy atom. The maximum Gasteiger partial charge on any atom is 0.277 e. The molecule has 1 aromatic carbocycles. The third-order valence-corrected chi connectivity index (χ3v) is 3.68. The summed E-state index contributed by atoms with van der Waals surface area (Å²) < 4.78 is 15.5. The van der Waals surface area contributed by atoms with Crippen LogP contribution in [-0.2, 0) is 6.42 Å². The number of nitrogens with one attached hydrogen (secondary N) is 1. The standard InChI is InChI=1S/C18H14N4O4/c1-11-19-17(26-21-11)9-12-5-2-3-6-13(12)20-18(23)14-10-16(25-22-14)15-7-4-8-24-15/h2-8,10H,9H2,1H3,(H,20,23). The van der Waals surface area contributed by atoms with Gasteiger partial charge in [-0.15, -0.1) is 0 Å². The molecule has 0 atom stereocenters. The SMILES string of the molecule is Cc1noc(Cc2ccccc2NC(=O)c2cc(-c3ccco3)on2)n1. The molecule has 0 unspecified atom stereocenters. The van der Waals surface area contributed by atoms with Crippen molar-refractivity contribution in [1.29, 1.82) is 0 Å². The zero-order valence-corrected chi connectivity index (χ0v) is 13.8. The van der Waals surface area contributed by atoms with E-state index in [1.165, 1.54) is 12.3 Å². The number of aromatic nitrogens is 3. The van der Waals surface area contributed by atoms with E-state index in [0.29, 0.717) is 35.3 Å². The van der Waals surface area contributed by atoms with Crippen molar-refractivity contribution in [2.75, 3.05) is 5.32 Å². The van der Waals surface area contributed by atoms with E-state index in [1.807, 2.05) is 18.2 Å². The summed E-state index contributed by atoms with van der Waals surface area (Å²) in [5.41, 5.74) is 1.63. The lowest BCUT2D eigenvalue weighted by molar-refractivity contribution is 0.101. The number of nitrogens with zero attached hydrogens (tertiary/aromatic N) is 3. The highest BCUT2D eigenvalue weighted by Crippen LogP contribution is 2.22. The van der Waals surface area contributed by atoms with E-state index in [9.17, 15) is 4.79 Å². The van der Waals surface area contributed by atoms with Gasteiger partial charge in [-0.25, -0.2) is 0 Å². The molecule has 4 aromatic rings. The minimum Gasteiger partial charge on any atom is -0.461 e. The molecule has 0 saturated carbocycles. The molecule has 130 valence electrons. The second-order valence-electron chi connectivity index (χ2n) is 5.58. The number of carbonyl (C=O) groups excluding carboxylic acids is 1. The first-order chi connectivity index (χ1) is 12.7. The van der Waals surface area contributed by atoms with E-state index in [4.69, 9.17) is 13.5 Å². The number of anilines is 1. The Morgan fingerprint density at radius 3 is 2.73 bits per heavy atom. The zero-order valence-electron chi connectivity index (χ0n) is 13.8. The molecule has 1 N–H and O–H groups in total. The topological polar surface area (TPSA) is 107 Å². The van der Waals surface area contributed by atoms with Gasteiger partial charge in [0.15, 0.2) is 17.3 Å². The van der Waals surface area contributed by atoms with Gasteiger partial charge in [-0.05, 0) is 30.7 Å². The van der Waals surface area contributed by atoms with Crippen LogP contribution in [0.1, 0.15) is 27.8 Å². The van der Waals surface area contributed by atoms with Gasteiger partial charge in [0, 0.05) is 11.8 Å². The van der Waals surface area contributed by atoms with Crippen LogP contribution in [0.4, 0.5) is 5.69 Å². The summed E-state index contributed by atoms with van der Waals surface area (Å²) in [6.07, 6.45) is 1.93. The molecule has 0 aliphatic rings. The summed E-state index contributed by atoms with van der Waals surface area (Å²) in [4.78, 5) is 16.7. The van der Waals surface area contributed by atoms with Crippen LogP contribution in [0.2, 0.25) is 0 Å². The number of amides is 1. The number of rotatable bonds is 5. The number of hydrogen-bond acceptors (Lipinski definition) is 7. The highest BCUT2D eigenvalue weighted by molar-refractivity contribution is 6.03. The van der Waals surface area contributed by atoms with Crippen LogP contribution in [0.15, 0.2) is 62.2 Å². The molecule has 26 heavy (non-hydrogen) atoms. The minimum absolute atomic E-state index is 0.153. The molecule has 8 nitrogen and oxygen atoms in total. The highest BCUT2D eigenvalue weighted by Gasteiger charge is 2.17. The largest absolute Gasteiger partial charge is 0.461 e. The second-order valence-corrected chi connectivity index (χ2v) is 5.58. The van der Waals surface area contributed by atoms with Crippen molar-refractivity contribution in [1.82, 2.24) is 15.3 Å². The molecule has 0 radical (unpaired) electrons. The summed E-state index contributed by atoms with van der Waals surface area (Å²) >= 11 is 0. The van der Waals surface area contributed by atoms with Gasteiger partial charge >= 0.3 is 0 Å². The van der Waals surface area contributed by atoms with E-state index in [1.54, 1.807) is 25.1 Å². The number of benzene rings is 1. The van der Waals surface area contributed by atoms with Crippen molar-refractivity contribution < 1.29 is 18.3 Å². The Morgan fingerprint density at radius 2 is 1.96 bits per heavy atom. The Balaban J connectivity index is 1.53. The first kappa shape index (κ1) is 15.8. The molecule has 0 aliphatic heterocycles. The maximum absolute atomic E-state index is 12.5. The van der Waals surface area contributed by atoms with Crippen LogP contribution in [-0.4, -0.2) is 21.2 Å². The first-order valence-electron chi connectivity index (χ1n) is 7.88. The predicted molar refractivity (Wildman–Crippen MR) is 90.4 cm³/mol. The van der Waals surface area contributed by atoms with Gasteiger partial charge in [0.25, 0.3) is 5.91 Å². The van der Waals surface area contributed by atoms with Crippen molar-refractivity contribution in [3.63, 3.8) is 0 Å². The predicted octanol–water partition coefficient (Wildman–Crippen LogP) is 3.47. The van der Waals surface area contributed by atoms with Gasteiger partial charge in [-0.3, -0.25) is 4.79 Å². The van der Waals surface area contributed by atoms with Crippen molar-refractivity contribution in [2.24, 2.45) is 0 Å². The molecular formula is C18H14N4O4. The van der Waals surface area contributed by atoms with E-state index in [-0.39, 0.29) is 11.6 Å². The summed E-state index contributed by atoms with van der Waals surface area (Å²) in [6, 6.07) is 12.4. The molecule has 0 bridgehead atoms. The van der Waals surface area contributed by atoms with E-state index in [2.05, 4.69) is 20.6 Å². The van der Waals surface area contributed by atoms with Gasteiger partial charge in [0.1, 0.15) is 0 Å². The first-order valence-corrected chi connectivity index (χ1v) is 7.88. The van der Waals surface area contributed by atoms with Crippen LogP contribution in [0.3, 0.4) is 0 Å². The third-order valence-electron chi connectivity index (χ3n) is 3.68. The average molecular weight is 350 g/mol. The highest BCUT2D eigenvalue weighted by atomic mass is 16.5. The van der Waals surface area contributed by atoms with Crippen LogP contribution < -0.4 is 5.32 Å². The molecule has 0 aliphatic carbocycles. The molecule has 0 fully saturated rings. The second kappa shape index (κ2) is 6.67. The number of aryl methyl sites for hydroxylation is 1. The zero-order chi connectivity index (χ0) is 17.9. The lowest BCUT2D eigenvalue weighted by atomic mass is 10.1. The van der Waals surface area contributed by atoms with Gasteiger partial charge in [-0.2, -0.15) is 4.98 Å². The summed E-state index contributed by atoms with van der Waals surface area (Å²) in [6.45, 7) is 1.75. The molecular weight excluding hydrogens is 336 g/mol. The molecule has 3 heterocycles. The maximum atomic E-state index is 12.5. The van der Waals surface area contributed by atoms with Crippen molar-refractivity contribution in [3.05, 3.63) is 71.7 Å². The lowest BCUT2D eigenvalue weighted by Gasteiger charge is -2.08. The molecule has 0 spiro atoms. The minimum atomic E-state index is -0.388. The summed E-state index contributed by atoms with van der Waals surface area (Å²) in [5, 5.41) is 10.4. The molecule has 4 rings (SSSR count).